The molecule has 0 aliphatic rings. The van der Waals surface area contributed by atoms with Gasteiger partial charge in [0.1, 0.15) is 17.2 Å². The summed E-state index contributed by atoms with van der Waals surface area (Å²) in [6, 6.07) is 5.13. The van der Waals surface area contributed by atoms with Crippen LogP contribution in [0.4, 0.5) is 14.5 Å². The average Bonchev–Trinajstić information content (AvgIpc) is 2.40. The van der Waals surface area contributed by atoms with Crippen LogP contribution in [-0.2, 0) is 0 Å². The van der Waals surface area contributed by atoms with Crippen molar-refractivity contribution in [2.24, 2.45) is 0 Å². The van der Waals surface area contributed by atoms with Gasteiger partial charge in [-0.2, -0.15) is 0 Å². The third kappa shape index (κ3) is 3.75. The molecular weight excluding hydrogens is 346 g/mol. The number of pyridine rings is 1. The van der Waals surface area contributed by atoms with Gasteiger partial charge in [0.25, 0.3) is 5.91 Å². The zero-order valence-electron chi connectivity index (χ0n) is 11.0. The number of nitrogens with zero attached hydrogens (tertiary/aromatic N) is 1. The predicted octanol–water partition coefficient (Wildman–Crippen LogP) is 3.77. The van der Waals surface area contributed by atoms with Crippen molar-refractivity contribution in [2.45, 2.75) is 6.92 Å². The molecule has 110 valence electrons. The smallest absolute Gasteiger partial charge is 0.261 e. The molecule has 21 heavy (non-hydrogen) atoms. The van der Waals surface area contributed by atoms with E-state index in [4.69, 9.17) is 4.74 Å². The molecule has 0 saturated heterocycles. The molecule has 4 nitrogen and oxygen atoms in total. The number of hydrogen-bond acceptors (Lipinski definition) is 3. The molecule has 0 bridgehead atoms. The van der Waals surface area contributed by atoms with Gasteiger partial charge in [0.2, 0.25) is 5.88 Å². The molecule has 2 rings (SSSR count). The number of nitrogens with one attached hydrogen (secondary N) is 1. The number of ether oxygens (including phenoxy) is 1. The van der Waals surface area contributed by atoms with Crippen LogP contribution in [0, 0.1) is 11.6 Å². The van der Waals surface area contributed by atoms with Crippen LogP contribution in [0.1, 0.15) is 17.3 Å². The minimum atomic E-state index is -0.946. The zero-order valence-corrected chi connectivity index (χ0v) is 12.6. The van der Waals surface area contributed by atoms with Crippen molar-refractivity contribution in [3.63, 3.8) is 0 Å². The molecule has 1 amide bonds. The molecule has 0 radical (unpaired) electrons. The Morgan fingerprint density at radius 1 is 1.33 bits per heavy atom. The molecule has 1 heterocycles. The Bertz CT molecular complexity index is 640. The van der Waals surface area contributed by atoms with Crippen LogP contribution in [0.2, 0.25) is 0 Å². The summed E-state index contributed by atoms with van der Waals surface area (Å²) in [5.41, 5.74) is -0.336. The summed E-state index contributed by atoms with van der Waals surface area (Å²) in [5.74, 6) is -2.38. The van der Waals surface area contributed by atoms with E-state index >= 15 is 0 Å². The minimum Gasteiger partial charge on any atom is -0.478 e. The molecule has 7 heteroatoms. The summed E-state index contributed by atoms with van der Waals surface area (Å²) < 4.78 is 32.7. The average molecular weight is 357 g/mol. The van der Waals surface area contributed by atoms with Crippen LogP contribution in [-0.4, -0.2) is 17.5 Å². The van der Waals surface area contributed by atoms with E-state index in [0.717, 1.165) is 12.1 Å². The molecule has 0 unspecified atom stereocenters. The number of rotatable bonds is 4. The molecule has 0 aliphatic carbocycles. The Kier molecular flexibility index (Phi) is 4.85. The highest BCUT2D eigenvalue weighted by Crippen LogP contribution is 2.21. The first-order chi connectivity index (χ1) is 10.0. The summed E-state index contributed by atoms with van der Waals surface area (Å²) in [5, 5.41) is 2.38. The van der Waals surface area contributed by atoms with E-state index in [-0.39, 0.29) is 4.47 Å². The number of anilines is 1. The molecular formula is C14H11BrF2N2O2. The van der Waals surface area contributed by atoms with Gasteiger partial charge in [-0.15, -0.1) is 0 Å². The molecule has 1 aromatic heterocycles. The lowest BCUT2D eigenvalue weighted by molar-refractivity contribution is 0.101. The Balaban J connectivity index is 2.18. The number of hydrogen-bond donors (Lipinski definition) is 1. The summed E-state index contributed by atoms with van der Waals surface area (Å²) in [6.45, 7) is 2.28. The fourth-order valence-electron chi connectivity index (χ4n) is 1.64. The predicted molar refractivity (Wildman–Crippen MR) is 77.4 cm³/mol. The first-order valence-electron chi connectivity index (χ1n) is 6.06. The molecule has 1 aromatic carbocycles. The number of carbonyl (C=O) groups excluding carboxylic acids is 1. The number of aromatic nitrogens is 1. The van der Waals surface area contributed by atoms with Gasteiger partial charge in [0, 0.05) is 10.5 Å². The van der Waals surface area contributed by atoms with E-state index in [2.05, 4.69) is 26.2 Å². The van der Waals surface area contributed by atoms with Crippen molar-refractivity contribution in [1.29, 1.82) is 0 Å². The van der Waals surface area contributed by atoms with Gasteiger partial charge in [-0.3, -0.25) is 4.79 Å². The van der Waals surface area contributed by atoms with Crippen molar-refractivity contribution >= 4 is 27.5 Å². The van der Waals surface area contributed by atoms with Gasteiger partial charge < -0.3 is 10.1 Å². The summed E-state index contributed by atoms with van der Waals surface area (Å²) in [6.07, 6.45) is 1.34. The Labute approximate surface area is 128 Å². The molecule has 2 aromatic rings. The molecule has 0 spiro atoms. The quantitative estimate of drug-likeness (QED) is 0.906. The van der Waals surface area contributed by atoms with E-state index in [1.54, 1.807) is 6.07 Å². The fraction of sp³-hybridized carbons (Fsp3) is 0.143. The largest absolute Gasteiger partial charge is 0.478 e. The number of halogens is 3. The monoisotopic (exact) mass is 356 g/mol. The van der Waals surface area contributed by atoms with Crippen LogP contribution in [0.3, 0.4) is 0 Å². The van der Waals surface area contributed by atoms with Gasteiger partial charge >= 0.3 is 0 Å². The highest BCUT2D eigenvalue weighted by atomic mass is 79.9. The number of benzene rings is 1. The molecule has 1 N–H and O–H groups in total. The highest BCUT2D eigenvalue weighted by molar-refractivity contribution is 9.10. The van der Waals surface area contributed by atoms with Gasteiger partial charge in [0.05, 0.1) is 18.5 Å². The van der Waals surface area contributed by atoms with Gasteiger partial charge in [-0.05, 0) is 25.1 Å². The maximum atomic E-state index is 13.7. The lowest BCUT2D eigenvalue weighted by Crippen LogP contribution is -2.16. The lowest BCUT2D eigenvalue weighted by Gasteiger charge is -2.08. The normalized spacial score (nSPS) is 10.3. The van der Waals surface area contributed by atoms with Crippen LogP contribution < -0.4 is 10.1 Å². The maximum Gasteiger partial charge on any atom is 0.261 e. The SMILES string of the molecule is CCOc1ccc(NC(=O)c2c(F)cc(Br)cc2F)cn1. The second-order valence-electron chi connectivity index (χ2n) is 4.02. The first-order valence-corrected chi connectivity index (χ1v) is 6.85. The lowest BCUT2D eigenvalue weighted by atomic mass is 10.2. The van der Waals surface area contributed by atoms with Crippen molar-refractivity contribution in [1.82, 2.24) is 4.98 Å². The third-order valence-corrected chi connectivity index (χ3v) is 2.98. The van der Waals surface area contributed by atoms with Crippen LogP contribution in [0.5, 0.6) is 5.88 Å². The Morgan fingerprint density at radius 3 is 2.52 bits per heavy atom. The molecule has 0 aliphatic heterocycles. The standard InChI is InChI=1S/C14H11BrF2N2O2/c1-2-21-12-4-3-9(7-18-12)19-14(20)13-10(16)5-8(15)6-11(13)17/h3-7H,2H2,1H3,(H,19,20). The number of carbonyl (C=O) groups is 1. The van der Waals surface area contributed by atoms with E-state index in [1.165, 1.54) is 12.3 Å². The first kappa shape index (κ1) is 15.4. The highest BCUT2D eigenvalue weighted by Gasteiger charge is 2.18. The van der Waals surface area contributed by atoms with E-state index in [9.17, 15) is 13.6 Å². The van der Waals surface area contributed by atoms with Gasteiger partial charge in [0.15, 0.2) is 0 Å². The second kappa shape index (κ2) is 6.62. The van der Waals surface area contributed by atoms with E-state index in [0.29, 0.717) is 18.2 Å². The van der Waals surface area contributed by atoms with Crippen LogP contribution in [0.15, 0.2) is 34.9 Å². The van der Waals surface area contributed by atoms with Gasteiger partial charge in [-0.1, -0.05) is 15.9 Å². The van der Waals surface area contributed by atoms with E-state index in [1.807, 2.05) is 6.92 Å². The summed E-state index contributed by atoms with van der Waals surface area (Å²) >= 11 is 2.95. The minimum absolute atomic E-state index is 0.219. The Hall–Kier alpha value is -2.02. The Morgan fingerprint density at radius 2 is 2.00 bits per heavy atom. The number of amides is 1. The van der Waals surface area contributed by atoms with Crippen molar-refractivity contribution < 1.29 is 18.3 Å². The van der Waals surface area contributed by atoms with Crippen LogP contribution in [0.25, 0.3) is 0 Å². The van der Waals surface area contributed by atoms with E-state index < -0.39 is 23.1 Å². The zero-order chi connectivity index (χ0) is 15.4. The van der Waals surface area contributed by atoms with Gasteiger partial charge in [-0.25, -0.2) is 13.8 Å². The molecule has 0 fully saturated rings. The maximum absolute atomic E-state index is 13.7. The van der Waals surface area contributed by atoms with Crippen molar-refractivity contribution in [3.05, 3.63) is 52.1 Å². The van der Waals surface area contributed by atoms with Crippen molar-refractivity contribution in [2.75, 3.05) is 11.9 Å². The molecule has 0 atom stereocenters. The van der Waals surface area contributed by atoms with Crippen LogP contribution >= 0.6 is 15.9 Å². The summed E-state index contributed by atoms with van der Waals surface area (Å²) in [4.78, 5) is 15.9. The third-order valence-electron chi connectivity index (χ3n) is 2.52. The summed E-state index contributed by atoms with van der Waals surface area (Å²) in [7, 11) is 0. The molecule has 0 saturated carbocycles. The second-order valence-corrected chi connectivity index (χ2v) is 4.93. The fourth-order valence-corrected chi connectivity index (χ4v) is 2.04. The topological polar surface area (TPSA) is 51.2 Å². The van der Waals surface area contributed by atoms with Crippen molar-refractivity contribution in [3.8, 4) is 5.88 Å².